The molecule has 0 amide bonds. The molecule has 0 fully saturated rings. The topological polar surface area (TPSA) is 83.4 Å². The number of rotatable bonds is 6. The molecule has 0 radical (unpaired) electrons. The largest absolute Gasteiger partial charge is 0.481 e. The maximum absolute atomic E-state index is 5.74. The van der Waals surface area contributed by atoms with Gasteiger partial charge in [-0.1, -0.05) is 0 Å². The van der Waals surface area contributed by atoms with Crippen LogP contribution < -0.4 is 9.47 Å². The van der Waals surface area contributed by atoms with Crippen molar-refractivity contribution in [1.29, 1.82) is 0 Å². The Morgan fingerprint density at radius 2 is 1.64 bits per heavy atom. The first-order valence-electron chi connectivity index (χ1n) is 8.75. The van der Waals surface area contributed by atoms with Crippen LogP contribution in [0.5, 0.6) is 11.9 Å². The molecular formula is C21H19N3O4. The molecule has 7 nitrogen and oxygen atoms in total. The van der Waals surface area contributed by atoms with Crippen molar-refractivity contribution < 1.29 is 18.3 Å². The number of furan rings is 2. The van der Waals surface area contributed by atoms with Crippen molar-refractivity contribution in [3.8, 4) is 34.7 Å². The molecule has 0 N–H and O–H groups in total. The summed E-state index contributed by atoms with van der Waals surface area (Å²) >= 11 is 0. The average molecular weight is 377 g/mol. The highest BCUT2D eigenvalue weighted by Crippen LogP contribution is 2.26. The number of hydrogen-bond acceptors (Lipinski definition) is 7. The van der Waals surface area contributed by atoms with Crippen LogP contribution in [0.15, 0.2) is 57.5 Å². The second-order valence-corrected chi connectivity index (χ2v) is 6.22. The molecule has 4 rings (SSSR count). The van der Waals surface area contributed by atoms with Gasteiger partial charge < -0.3 is 18.3 Å². The van der Waals surface area contributed by atoms with Crippen LogP contribution in [-0.2, 0) is 6.61 Å². The van der Waals surface area contributed by atoms with Gasteiger partial charge in [0.15, 0.2) is 5.76 Å². The zero-order valence-corrected chi connectivity index (χ0v) is 15.8. The van der Waals surface area contributed by atoms with Gasteiger partial charge in [0, 0.05) is 17.8 Å². The summed E-state index contributed by atoms with van der Waals surface area (Å²) in [5.74, 6) is 3.54. The van der Waals surface area contributed by atoms with E-state index >= 15 is 0 Å². The summed E-state index contributed by atoms with van der Waals surface area (Å²) in [4.78, 5) is 13.0. The van der Waals surface area contributed by atoms with E-state index in [-0.39, 0.29) is 12.6 Å². The molecule has 0 aliphatic rings. The normalized spacial score (nSPS) is 10.8. The van der Waals surface area contributed by atoms with E-state index in [0.29, 0.717) is 23.0 Å². The number of nitrogens with zero attached hydrogens (tertiary/aromatic N) is 3. The first-order valence-corrected chi connectivity index (χ1v) is 8.75. The lowest BCUT2D eigenvalue weighted by Gasteiger charge is -2.08. The summed E-state index contributed by atoms with van der Waals surface area (Å²) < 4.78 is 22.3. The molecule has 0 aliphatic carbocycles. The zero-order valence-electron chi connectivity index (χ0n) is 15.8. The fourth-order valence-electron chi connectivity index (χ4n) is 2.73. The lowest BCUT2D eigenvalue weighted by Crippen LogP contribution is -2.03. The Labute approximate surface area is 162 Å². The van der Waals surface area contributed by atoms with E-state index in [9.17, 15) is 0 Å². The van der Waals surface area contributed by atoms with Crippen LogP contribution in [0.3, 0.4) is 0 Å². The van der Waals surface area contributed by atoms with Gasteiger partial charge in [-0.15, -0.1) is 0 Å². The van der Waals surface area contributed by atoms with Gasteiger partial charge in [-0.3, -0.25) is 0 Å². The van der Waals surface area contributed by atoms with E-state index in [1.54, 1.807) is 19.4 Å². The smallest absolute Gasteiger partial charge is 0.317 e. The fourth-order valence-corrected chi connectivity index (χ4v) is 2.73. The Bertz CT molecular complexity index is 1100. The molecule has 4 aromatic rings. The van der Waals surface area contributed by atoms with Gasteiger partial charge in [-0.2, -0.15) is 4.98 Å². The molecular weight excluding hydrogens is 358 g/mol. The van der Waals surface area contributed by atoms with Crippen LogP contribution in [0.4, 0.5) is 0 Å². The summed E-state index contributed by atoms with van der Waals surface area (Å²) in [6.07, 6.45) is 1.63. The van der Waals surface area contributed by atoms with Crippen molar-refractivity contribution >= 4 is 0 Å². The van der Waals surface area contributed by atoms with Gasteiger partial charge in [0.1, 0.15) is 29.6 Å². The monoisotopic (exact) mass is 377 g/mol. The van der Waals surface area contributed by atoms with Crippen LogP contribution in [-0.4, -0.2) is 22.1 Å². The summed E-state index contributed by atoms with van der Waals surface area (Å²) in [6, 6.07) is 13.3. The lowest BCUT2D eigenvalue weighted by molar-refractivity contribution is 0.274. The number of aromatic nitrogens is 3. The third-order valence-corrected chi connectivity index (χ3v) is 4.06. The van der Waals surface area contributed by atoms with Gasteiger partial charge in [-0.25, -0.2) is 9.97 Å². The van der Waals surface area contributed by atoms with E-state index in [2.05, 4.69) is 15.0 Å². The van der Waals surface area contributed by atoms with E-state index in [4.69, 9.17) is 18.3 Å². The summed E-state index contributed by atoms with van der Waals surface area (Å²) in [7, 11) is 1.57. The van der Waals surface area contributed by atoms with Crippen LogP contribution in [0.1, 0.15) is 17.2 Å². The van der Waals surface area contributed by atoms with Crippen molar-refractivity contribution in [2.75, 3.05) is 7.11 Å². The molecule has 0 atom stereocenters. The quantitative estimate of drug-likeness (QED) is 0.486. The Morgan fingerprint density at radius 1 is 0.893 bits per heavy atom. The molecule has 0 unspecified atom stereocenters. The highest BCUT2D eigenvalue weighted by molar-refractivity contribution is 5.59. The second-order valence-electron chi connectivity index (χ2n) is 6.22. The van der Waals surface area contributed by atoms with E-state index in [1.807, 2.05) is 50.2 Å². The van der Waals surface area contributed by atoms with Crippen LogP contribution in [0.25, 0.3) is 22.8 Å². The fraction of sp³-hybridized carbons (Fsp3) is 0.190. The predicted molar refractivity (Wildman–Crippen MR) is 102 cm³/mol. The van der Waals surface area contributed by atoms with Gasteiger partial charge in [0.2, 0.25) is 5.88 Å². The molecule has 28 heavy (non-hydrogen) atoms. The third kappa shape index (κ3) is 3.88. The maximum Gasteiger partial charge on any atom is 0.317 e. The minimum atomic E-state index is 0.185. The minimum Gasteiger partial charge on any atom is -0.481 e. The van der Waals surface area contributed by atoms with Gasteiger partial charge >= 0.3 is 6.01 Å². The Hall–Kier alpha value is -3.61. The Morgan fingerprint density at radius 3 is 2.32 bits per heavy atom. The molecule has 7 heteroatoms. The first kappa shape index (κ1) is 17.8. The number of pyridine rings is 1. The molecule has 0 aromatic carbocycles. The number of aryl methyl sites for hydroxylation is 2. The molecule has 0 aliphatic heterocycles. The SMILES string of the molecule is COc1cc(-c2ccc(C)o2)cc(COc2nccc(-c3ccc(C)o3)n2)n1. The Balaban J connectivity index is 1.55. The lowest BCUT2D eigenvalue weighted by atomic mass is 10.2. The molecule has 0 spiro atoms. The van der Waals surface area contributed by atoms with E-state index in [1.165, 1.54) is 0 Å². The highest BCUT2D eigenvalue weighted by atomic mass is 16.5. The molecule has 0 bridgehead atoms. The third-order valence-electron chi connectivity index (χ3n) is 4.06. The molecule has 142 valence electrons. The summed E-state index contributed by atoms with van der Waals surface area (Å²) in [5, 5.41) is 0. The van der Waals surface area contributed by atoms with Crippen molar-refractivity contribution in [3.63, 3.8) is 0 Å². The van der Waals surface area contributed by atoms with Crippen LogP contribution >= 0.6 is 0 Å². The summed E-state index contributed by atoms with van der Waals surface area (Å²) in [6.45, 7) is 3.97. The van der Waals surface area contributed by atoms with Gasteiger partial charge in [0.05, 0.1) is 12.8 Å². The minimum absolute atomic E-state index is 0.185. The number of hydrogen-bond donors (Lipinski definition) is 0. The van der Waals surface area contributed by atoms with Crippen molar-refractivity contribution in [2.45, 2.75) is 20.5 Å². The van der Waals surface area contributed by atoms with Crippen molar-refractivity contribution in [3.05, 3.63) is 65.9 Å². The standard InChI is InChI=1S/C21H19N3O4/c1-13-4-6-18(27-13)15-10-16(23-20(11-15)25-3)12-26-21-22-9-8-17(24-21)19-7-5-14(2)28-19/h4-11H,12H2,1-3H3. The number of methoxy groups -OCH3 is 1. The average Bonchev–Trinajstić information content (AvgIpc) is 3.35. The summed E-state index contributed by atoms with van der Waals surface area (Å²) in [5.41, 5.74) is 2.19. The number of ether oxygens (including phenoxy) is 2. The molecule has 4 heterocycles. The van der Waals surface area contributed by atoms with Gasteiger partial charge in [0.25, 0.3) is 0 Å². The highest BCUT2D eigenvalue weighted by Gasteiger charge is 2.11. The predicted octanol–water partition coefficient (Wildman–Crippen LogP) is 4.60. The molecule has 4 aromatic heterocycles. The molecule has 0 saturated heterocycles. The van der Waals surface area contributed by atoms with Crippen molar-refractivity contribution in [2.24, 2.45) is 0 Å². The van der Waals surface area contributed by atoms with Gasteiger partial charge in [-0.05, 0) is 50.2 Å². The second kappa shape index (κ2) is 7.56. The maximum atomic E-state index is 5.74. The molecule has 0 saturated carbocycles. The van der Waals surface area contributed by atoms with Crippen LogP contribution in [0.2, 0.25) is 0 Å². The van der Waals surface area contributed by atoms with E-state index < -0.39 is 0 Å². The van der Waals surface area contributed by atoms with Crippen molar-refractivity contribution in [1.82, 2.24) is 15.0 Å². The first-order chi connectivity index (χ1) is 13.6. The van der Waals surface area contributed by atoms with E-state index in [0.717, 1.165) is 22.8 Å². The Kier molecular flexibility index (Phi) is 4.80. The van der Waals surface area contributed by atoms with Crippen LogP contribution in [0, 0.1) is 13.8 Å². The zero-order chi connectivity index (χ0) is 19.5.